The fourth-order valence-electron chi connectivity index (χ4n) is 3.21. The van der Waals surface area contributed by atoms with E-state index in [1.54, 1.807) is 0 Å². The molecule has 0 saturated heterocycles. The van der Waals surface area contributed by atoms with Gasteiger partial charge in [0.15, 0.2) is 0 Å². The van der Waals surface area contributed by atoms with E-state index in [-0.39, 0.29) is 25.8 Å². The zero-order chi connectivity index (χ0) is 27.0. The molecule has 0 saturated carbocycles. The number of phosphoric acid groups is 1. The maximum Gasteiger partial charge on any atom is 0.469 e. The SMILES string of the molecule is CCCCCCCCCCCCCCCCC(=O)OCC(O)CO.C[N+](C)(C)CCOP(=O)(O)O. The molecule has 0 aliphatic carbocycles. The average Bonchev–Trinajstić information content (AvgIpc) is 2.76. The van der Waals surface area contributed by atoms with Crippen LogP contribution in [0.2, 0.25) is 0 Å². The van der Waals surface area contributed by atoms with Crippen molar-refractivity contribution in [3.63, 3.8) is 0 Å². The number of nitrogens with zero attached hydrogens (tertiary/aromatic N) is 1. The van der Waals surface area contributed by atoms with E-state index in [4.69, 9.17) is 24.7 Å². The summed E-state index contributed by atoms with van der Waals surface area (Å²) in [7, 11) is 1.50. The van der Waals surface area contributed by atoms with E-state index < -0.39 is 13.9 Å². The average molecular weight is 529 g/mol. The van der Waals surface area contributed by atoms with Crippen molar-refractivity contribution in [2.45, 2.75) is 109 Å². The Labute approximate surface area is 214 Å². The molecule has 10 heteroatoms. The highest BCUT2D eigenvalue weighted by molar-refractivity contribution is 7.46. The number of phosphoric ester groups is 1. The summed E-state index contributed by atoms with van der Waals surface area (Å²) in [6, 6.07) is 0. The van der Waals surface area contributed by atoms with Crippen molar-refractivity contribution < 1.29 is 43.1 Å². The van der Waals surface area contributed by atoms with Gasteiger partial charge in [-0.05, 0) is 6.42 Å². The number of carbonyl (C=O) groups is 1. The van der Waals surface area contributed by atoms with Gasteiger partial charge in [-0.15, -0.1) is 0 Å². The van der Waals surface area contributed by atoms with E-state index >= 15 is 0 Å². The lowest BCUT2D eigenvalue weighted by Crippen LogP contribution is -2.37. The van der Waals surface area contributed by atoms with Crippen LogP contribution in [-0.2, 0) is 18.6 Å². The Morgan fingerprint density at radius 1 is 0.829 bits per heavy atom. The molecule has 212 valence electrons. The summed E-state index contributed by atoms with van der Waals surface area (Å²) >= 11 is 0. The van der Waals surface area contributed by atoms with Gasteiger partial charge in [0.1, 0.15) is 25.9 Å². The summed E-state index contributed by atoms with van der Waals surface area (Å²) in [6.07, 6.45) is 17.6. The fourth-order valence-corrected chi connectivity index (χ4v) is 3.53. The first-order valence-corrected chi connectivity index (χ1v) is 14.9. The van der Waals surface area contributed by atoms with E-state index in [0.717, 1.165) is 12.8 Å². The molecular weight excluding hydrogens is 473 g/mol. The highest BCUT2D eigenvalue weighted by Crippen LogP contribution is 2.35. The predicted octanol–water partition coefficient (Wildman–Crippen LogP) is 4.56. The minimum absolute atomic E-state index is 0.0772. The number of quaternary nitrogens is 1. The molecule has 35 heavy (non-hydrogen) atoms. The molecule has 0 fully saturated rings. The van der Waals surface area contributed by atoms with E-state index in [1.807, 2.05) is 21.1 Å². The quantitative estimate of drug-likeness (QED) is 0.0696. The number of carbonyl (C=O) groups excluding carboxylic acids is 1. The Morgan fingerprint density at radius 3 is 1.63 bits per heavy atom. The van der Waals surface area contributed by atoms with Gasteiger partial charge in [-0.1, -0.05) is 90.4 Å². The summed E-state index contributed by atoms with van der Waals surface area (Å²) in [5, 5.41) is 17.7. The van der Waals surface area contributed by atoms with Crippen molar-refractivity contribution in [3.05, 3.63) is 0 Å². The first-order valence-electron chi connectivity index (χ1n) is 13.4. The third kappa shape index (κ3) is 35.7. The molecule has 9 nitrogen and oxygen atoms in total. The molecule has 1 atom stereocenters. The molecule has 0 heterocycles. The summed E-state index contributed by atoms with van der Waals surface area (Å²) in [5.74, 6) is -0.276. The maximum absolute atomic E-state index is 11.4. The van der Waals surface area contributed by atoms with Crippen molar-refractivity contribution in [2.75, 3.05) is 47.5 Å². The number of unbranched alkanes of at least 4 members (excludes halogenated alkanes) is 13. The Kier molecular flexibility index (Phi) is 24.9. The van der Waals surface area contributed by atoms with Crippen LogP contribution in [-0.4, -0.2) is 84.1 Å². The van der Waals surface area contributed by atoms with E-state index in [0.29, 0.717) is 17.4 Å². The van der Waals surface area contributed by atoms with Gasteiger partial charge in [-0.25, -0.2) is 4.57 Å². The Bertz CT molecular complexity index is 522. The van der Waals surface area contributed by atoms with Crippen LogP contribution in [0.4, 0.5) is 0 Å². The van der Waals surface area contributed by atoms with Crippen LogP contribution in [0.1, 0.15) is 103 Å². The molecule has 0 aliphatic rings. The van der Waals surface area contributed by atoms with Gasteiger partial charge in [0.2, 0.25) is 0 Å². The van der Waals surface area contributed by atoms with Crippen molar-refractivity contribution in [1.29, 1.82) is 0 Å². The lowest BCUT2D eigenvalue weighted by atomic mass is 10.0. The number of ether oxygens (including phenoxy) is 1. The van der Waals surface area contributed by atoms with Crippen LogP contribution >= 0.6 is 7.82 Å². The Hall–Kier alpha value is -0.540. The van der Waals surface area contributed by atoms with Crippen molar-refractivity contribution in [2.24, 2.45) is 0 Å². The maximum atomic E-state index is 11.4. The number of aliphatic hydroxyl groups is 2. The molecule has 4 N–H and O–H groups in total. The third-order valence-corrected chi connectivity index (χ3v) is 5.92. The van der Waals surface area contributed by atoms with Crippen LogP contribution < -0.4 is 0 Å². The molecule has 0 radical (unpaired) electrons. The van der Waals surface area contributed by atoms with Gasteiger partial charge in [0.25, 0.3) is 0 Å². The van der Waals surface area contributed by atoms with Crippen molar-refractivity contribution >= 4 is 13.8 Å². The van der Waals surface area contributed by atoms with E-state index in [9.17, 15) is 9.36 Å². The fraction of sp³-hybridized carbons (Fsp3) is 0.960. The molecule has 0 aromatic rings. The molecule has 0 rings (SSSR count). The smallest absolute Gasteiger partial charge is 0.463 e. The second kappa shape index (κ2) is 23.8. The van der Waals surface area contributed by atoms with Gasteiger partial charge in [-0.3, -0.25) is 9.32 Å². The number of hydrogen-bond acceptors (Lipinski definition) is 6. The van der Waals surface area contributed by atoms with E-state index in [1.165, 1.54) is 77.0 Å². The molecule has 0 amide bonds. The van der Waals surface area contributed by atoms with Gasteiger partial charge in [-0.2, -0.15) is 0 Å². The van der Waals surface area contributed by atoms with Crippen LogP contribution in [0.15, 0.2) is 0 Å². The normalized spacial score (nSPS) is 12.7. The molecule has 0 spiro atoms. The Balaban J connectivity index is 0. The zero-order valence-electron chi connectivity index (χ0n) is 22.8. The van der Waals surface area contributed by atoms with Crippen LogP contribution in [0.5, 0.6) is 0 Å². The molecule has 0 bridgehead atoms. The number of hydrogen-bond donors (Lipinski definition) is 4. The van der Waals surface area contributed by atoms with Crippen LogP contribution in [0, 0.1) is 0 Å². The molecule has 1 unspecified atom stereocenters. The van der Waals surface area contributed by atoms with Crippen molar-refractivity contribution in [3.8, 4) is 0 Å². The van der Waals surface area contributed by atoms with Gasteiger partial charge in [0.05, 0.1) is 27.7 Å². The summed E-state index contributed by atoms with van der Waals surface area (Å²) in [6.45, 7) is 2.44. The topological polar surface area (TPSA) is 134 Å². The lowest BCUT2D eigenvalue weighted by molar-refractivity contribution is -0.870. The van der Waals surface area contributed by atoms with Gasteiger partial charge < -0.3 is 29.2 Å². The first kappa shape index (κ1) is 36.6. The minimum atomic E-state index is -4.26. The molecule has 0 aromatic carbocycles. The van der Waals surface area contributed by atoms with E-state index in [2.05, 4.69) is 11.4 Å². The Morgan fingerprint density at radius 2 is 1.26 bits per heavy atom. The number of aliphatic hydroxyl groups excluding tert-OH is 2. The lowest BCUT2D eigenvalue weighted by Gasteiger charge is -2.23. The van der Waals surface area contributed by atoms with Gasteiger partial charge in [0, 0.05) is 6.42 Å². The zero-order valence-corrected chi connectivity index (χ0v) is 23.7. The molecular formula is C25H55NO8P+. The standard InChI is InChI=1S/C20H40O4.C5H14NO4P/c1-2-3-4-5-6-7-8-9-10-11-12-13-14-15-16-20(23)24-18-19(22)17-21;1-6(2,3)4-5-10-11(7,8)9/h19,21-22H,2-18H2,1H3;4-5H2,1-3H3,(H-,7,8,9)/p+1. The summed E-state index contributed by atoms with van der Waals surface area (Å²) < 4.78 is 19.9. The number of likely N-dealkylation sites (N-methyl/N-ethyl adjacent to an activating group) is 1. The first-order chi connectivity index (χ1) is 16.4. The highest BCUT2D eigenvalue weighted by Gasteiger charge is 2.16. The predicted molar refractivity (Wildman–Crippen MR) is 140 cm³/mol. The molecule has 0 aromatic heterocycles. The van der Waals surface area contributed by atoms with Crippen LogP contribution in [0.3, 0.4) is 0 Å². The van der Waals surface area contributed by atoms with Crippen molar-refractivity contribution in [1.82, 2.24) is 0 Å². The summed E-state index contributed by atoms with van der Waals surface area (Å²) in [4.78, 5) is 28.0. The monoisotopic (exact) mass is 528 g/mol. The summed E-state index contributed by atoms with van der Waals surface area (Å²) in [5.41, 5.74) is 0. The number of rotatable bonds is 22. The highest BCUT2D eigenvalue weighted by atomic mass is 31.2. The largest absolute Gasteiger partial charge is 0.469 e. The number of esters is 1. The third-order valence-electron chi connectivity index (χ3n) is 5.40. The minimum Gasteiger partial charge on any atom is -0.463 e. The second-order valence-corrected chi connectivity index (χ2v) is 11.4. The van der Waals surface area contributed by atoms with Crippen LogP contribution in [0.25, 0.3) is 0 Å². The van der Waals surface area contributed by atoms with Gasteiger partial charge >= 0.3 is 13.8 Å². The molecule has 0 aliphatic heterocycles. The second-order valence-electron chi connectivity index (χ2n) is 10.2.